The molecule has 0 saturated carbocycles. The predicted molar refractivity (Wildman–Crippen MR) is 83.4 cm³/mol. The van der Waals surface area contributed by atoms with E-state index in [4.69, 9.17) is 21.1 Å². The summed E-state index contributed by atoms with van der Waals surface area (Å²) in [5.74, 6) is 1.46. The maximum atomic E-state index is 12.2. The summed E-state index contributed by atoms with van der Waals surface area (Å²) in [4.78, 5) is 12.2. The van der Waals surface area contributed by atoms with Crippen LogP contribution in [0.5, 0.6) is 11.5 Å². The van der Waals surface area contributed by atoms with Crippen molar-refractivity contribution >= 4 is 23.2 Å². The third kappa shape index (κ3) is 4.25. The zero-order chi connectivity index (χ0) is 15.2. The third-order valence-electron chi connectivity index (χ3n) is 3.68. The van der Waals surface area contributed by atoms with Crippen molar-refractivity contribution in [3.63, 3.8) is 0 Å². The van der Waals surface area contributed by atoms with Gasteiger partial charge in [-0.1, -0.05) is 11.6 Å². The number of anilines is 1. The number of carbonyl (C=O) groups excluding carboxylic acids is 1. The van der Waals surface area contributed by atoms with Gasteiger partial charge in [-0.2, -0.15) is 0 Å². The van der Waals surface area contributed by atoms with E-state index in [1.54, 1.807) is 19.2 Å². The van der Waals surface area contributed by atoms with E-state index in [1.165, 1.54) is 7.11 Å². The molecule has 5 nitrogen and oxygen atoms in total. The Labute approximate surface area is 130 Å². The molecule has 1 aliphatic heterocycles. The molecule has 2 rings (SSSR count). The van der Waals surface area contributed by atoms with Crippen molar-refractivity contribution < 1.29 is 14.3 Å². The van der Waals surface area contributed by atoms with E-state index in [0.717, 1.165) is 25.9 Å². The standard InChI is InChI=1S/C15H21ClN2O3/c1-20-13-9-12(14(21-2)8-11(13)16)18-15(19)7-10-3-5-17-6-4-10/h8-10,17H,3-7H2,1-2H3,(H,18,19). The second kappa shape index (κ2) is 7.52. The fraction of sp³-hybridized carbons (Fsp3) is 0.533. The largest absolute Gasteiger partial charge is 0.495 e. The van der Waals surface area contributed by atoms with Crippen LogP contribution in [0.2, 0.25) is 5.02 Å². The Hall–Kier alpha value is -1.46. The average Bonchev–Trinajstić information content (AvgIpc) is 2.49. The molecule has 116 valence electrons. The van der Waals surface area contributed by atoms with Crippen LogP contribution >= 0.6 is 11.6 Å². The molecule has 0 atom stereocenters. The fourth-order valence-electron chi connectivity index (χ4n) is 2.51. The number of benzene rings is 1. The van der Waals surface area contributed by atoms with Crippen LogP contribution in [0.3, 0.4) is 0 Å². The summed E-state index contributed by atoms with van der Waals surface area (Å²) in [6.45, 7) is 1.96. The lowest BCUT2D eigenvalue weighted by atomic mass is 9.94. The summed E-state index contributed by atoms with van der Waals surface area (Å²) >= 11 is 6.05. The number of halogens is 1. The molecule has 0 bridgehead atoms. The van der Waals surface area contributed by atoms with Gasteiger partial charge in [0, 0.05) is 18.6 Å². The lowest BCUT2D eigenvalue weighted by molar-refractivity contribution is -0.117. The minimum atomic E-state index is -0.00965. The molecule has 1 amide bonds. The van der Waals surface area contributed by atoms with Crippen molar-refractivity contribution in [2.75, 3.05) is 32.6 Å². The first-order chi connectivity index (χ1) is 10.1. The maximum Gasteiger partial charge on any atom is 0.224 e. The number of nitrogens with one attached hydrogen (secondary N) is 2. The van der Waals surface area contributed by atoms with Gasteiger partial charge in [0.2, 0.25) is 5.91 Å². The number of piperidine rings is 1. The summed E-state index contributed by atoms with van der Waals surface area (Å²) in [7, 11) is 3.08. The van der Waals surface area contributed by atoms with Crippen LogP contribution in [0, 0.1) is 5.92 Å². The van der Waals surface area contributed by atoms with Gasteiger partial charge >= 0.3 is 0 Å². The predicted octanol–water partition coefficient (Wildman–Crippen LogP) is 2.69. The molecule has 1 saturated heterocycles. The smallest absolute Gasteiger partial charge is 0.224 e. The number of hydrogen-bond acceptors (Lipinski definition) is 4. The van der Waals surface area contributed by atoms with E-state index in [1.807, 2.05) is 0 Å². The van der Waals surface area contributed by atoms with Crippen LogP contribution < -0.4 is 20.1 Å². The van der Waals surface area contributed by atoms with E-state index in [9.17, 15) is 4.79 Å². The summed E-state index contributed by atoms with van der Waals surface area (Å²) in [6.07, 6.45) is 2.60. The zero-order valence-corrected chi connectivity index (χ0v) is 13.1. The number of hydrogen-bond donors (Lipinski definition) is 2. The molecule has 2 N–H and O–H groups in total. The topological polar surface area (TPSA) is 59.6 Å². The monoisotopic (exact) mass is 312 g/mol. The number of amides is 1. The second-order valence-electron chi connectivity index (χ2n) is 5.13. The van der Waals surface area contributed by atoms with Gasteiger partial charge in [0.1, 0.15) is 11.5 Å². The Balaban J connectivity index is 2.05. The Morgan fingerprint density at radius 2 is 1.95 bits per heavy atom. The van der Waals surface area contributed by atoms with Crippen LogP contribution in [-0.4, -0.2) is 33.2 Å². The first-order valence-corrected chi connectivity index (χ1v) is 7.44. The molecular formula is C15H21ClN2O3. The first-order valence-electron chi connectivity index (χ1n) is 7.06. The normalized spacial score (nSPS) is 15.6. The molecule has 0 aromatic heterocycles. The van der Waals surface area contributed by atoms with Gasteiger partial charge in [-0.25, -0.2) is 0 Å². The van der Waals surface area contributed by atoms with Crippen LogP contribution in [0.1, 0.15) is 19.3 Å². The van der Waals surface area contributed by atoms with E-state index in [2.05, 4.69) is 10.6 Å². The Bertz CT molecular complexity index is 502. The first kappa shape index (κ1) is 15.9. The highest BCUT2D eigenvalue weighted by Gasteiger charge is 2.18. The minimum absolute atomic E-state index is 0.00965. The molecule has 6 heteroatoms. The van der Waals surface area contributed by atoms with Gasteiger partial charge in [0.05, 0.1) is 24.9 Å². The molecule has 1 heterocycles. The van der Waals surface area contributed by atoms with E-state index >= 15 is 0 Å². The zero-order valence-electron chi connectivity index (χ0n) is 12.4. The summed E-state index contributed by atoms with van der Waals surface area (Å²) in [5.41, 5.74) is 0.581. The molecule has 0 spiro atoms. The van der Waals surface area contributed by atoms with Crippen molar-refractivity contribution in [3.8, 4) is 11.5 Å². The molecule has 1 aliphatic rings. The van der Waals surface area contributed by atoms with Crippen LogP contribution in [0.4, 0.5) is 5.69 Å². The van der Waals surface area contributed by atoms with Gasteiger partial charge in [0.25, 0.3) is 0 Å². The van der Waals surface area contributed by atoms with Crippen molar-refractivity contribution in [3.05, 3.63) is 17.2 Å². The number of carbonyl (C=O) groups is 1. The second-order valence-corrected chi connectivity index (χ2v) is 5.54. The molecule has 1 aromatic carbocycles. The lowest BCUT2D eigenvalue weighted by Gasteiger charge is -2.22. The molecule has 0 aliphatic carbocycles. The van der Waals surface area contributed by atoms with Gasteiger partial charge in [-0.15, -0.1) is 0 Å². The number of methoxy groups -OCH3 is 2. The van der Waals surface area contributed by atoms with E-state index in [-0.39, 0.29) is 5.91 Å². The summed E-state index contributed by atoms with van der Waals surface area (Å²) < 4.78 is 10.4. The molecular weight excluding hydrogens is 292 g/mol. The van der Waals surface area contributed by atoms with E-state index in [0.29, 0.717) is 34.5 Å². The quantitative estimate of drug-likeness (QED) is 0.877. The average molecular weight is 313 g/mol. The number of rotatable bonds is 5. The highest BCUT2D eigenvalue weighted by atomic mass is 35.5. The highest BCUT2D eigenvalue weighted by molar-refractivity contribution is 6.32. The van der Waals surface area contributed by atoms with Gasteiger partial charge in [-0.3, -0.25) is 4.79 Å². The van der Waals surface area contributed by atoms with Crippen molar-refractivity contribution in [2.24, 2.45) is 5.92 Å². The third-order valence-corrected chi connectivity index (χ3v) is 3.98. The van der Waals surface area contributed by atoms with Crippen LogP contribution in [0.15, 0.2) is 12.1 Å². The van der Waals surface area contributed by atoms with Gasteiger partial charge < -0.3 is 20.1 Å². The molecule has 21 heavy (non-hydrogen) atoms. The van der Waals surface area contributed by atoms with Gasteiger partial charge in [0.15, 0.2) is 0 Å². The number of ether oxygens (including phenoxy) is 2. The van der Waals surface area contributed by atoms with Crippen LogP contribution in [-0.2, 0) is 4.79 Å². The SMILES string of the molecule is COc1cc(NC(=O)CC2CCNCC2)c(OC)cc1Cl. The Morgan fingerprint density at radius 1 is 1.29 bits per heavy atom. The van der Waals surface area contributed by atoms with Crippen molar-refractivity contribution in [2.45, 2.75) is 19.3 Å². The van der Waals surface area contributed by atoms with Gasteiger partial charge in [-0.05, 0) is 31.8 Å². The molecule has 1 aromatic rings. The van der Waals surface area contributed by atoms with Crippen LogP contribution in [0.25, 0.3) is 0 Å². The minimum Gasteiger partial charge on any atom is -0.495 e. The van der Waals surface area contributed by atoms with Crippen molar-refractivity contribution in [1.29, 1.82) is 0 Å². The highest BCUT2D eigenvalue weighted by Crippen LogP contribution is 2.36. The fourth-order valence-corrected chi connectivity index (χ4v) is 2.74. The summed E-state index contributed by atoms with van der Waals surface area (Å²) in [6, 6.07) is 3.32. The maximum absolute atomic E-state index is 12.2. The summed E-state index contributed by atoms with van der Waals surface area (Å²) in [5, 5.41) is 6.63. The Kier molecular flexibility index (Phi) is 5.70. The molecule has 0 radical (unpaired) electrons. The molecule has 0 unspecified atom stereocenters. The Morgan fingerprint density at radius 3 is 2.57 bits per heavy atom. The van der Waals surface area contributed by atoms with Crippen molar-refractivity contribution in [1.82, 2.24) is 5.32 Å². The lowest BCUT2D eigenvalue weighted by Crippen LogP contribution is -2.30. The molecule has 1 fully saturated rings. The van der Waals surface area contributed by atoms with E-state index < -0.39 is 0 Å².